The summed E-state index contributed by atoms with van der Waals surface area (Å²) in [4.78, 5) is 22.0. The fraction of sp³-hybridized carbons (Fsp3) is 0.200. The number of carbonyl (C=O) groups excluding carboxylic acids is 2. The lowest BCUT2D eigenvalue weighted by atomic mass is 10.1. The number of ketones is 2. The van der Waals surface area contributed by atoms with Crippen molar-refractivity contribution in [1.29, 1.82) is 0 Å². The molecule has 1 aromatic rings. The third kappa shape index (κ3) is 2.39. The van der Waals surface area contributed by atoms with Crippen LogP contribution in [0.1, 0.15) is 23.7 Å². The van der Waals surface area contributed by atoms with E-state index in [1.807, 2.05) is 0 Å². The van der Waals surface area contributed by atoms with Gasteiger partial charge < -0.3 is 0 Å². The van der Waals surface area contributed by atoms with Gasteiger partial charge in [0.1, 0.15) is 5.78 Å². The maximum Gasteiger partial charge on any atom is 0.173 e. The molecule has 74 valence electrons. The zero-order valence-corrected chi connectivity index (χ0v) is 8.27. The Morgan fingerprint density at radius 3 is 2.64 bits per heavy atom. The van der Waals surface area contributed by atoms with Crippen molar-refractivity contribution in [1.82, 2.24) is 0 Å². The van der Waals surface area contributed by atoms with Crippen molar-refractivity contribution in [2.75, 3.05) is 0 Å². The summed E-state index contributed by atoms with van der Waals surface area (Å²) in [7, 11) is 0. The quantitative estimate of drug-likeness (QED) is 0.573. The molecule has 0 amide bonds. The second kappa shape index (κ2) is 4.33. The molecular formula is C10H8ClFO2. The molecule has 0 unspecified atom stereocenters. The maximum atomic E-state index is 13.2. The van der Waals surface area contributed by atoms with E-state index >= 15 is 0 Å². The summed E-state index contributed by atoms with van der Waals surface area (Å²) in [5, 5.41) is -0.112. The number of rotatable bonds is 3. The van der Waals surface area contributed by atoms with Crippen LogP contribution in [0.25, 0.3) is 0 Å². The van der Waals surface area contributed by atoms with Crippen molar-refractivity contribution >= 4 is 23.2 Å². The largest absolute Gasteiger partial charge is 0.300 e. The molecule has 0 heterocycles. The zero-order chi connectivity index (χ0) is 10.7. The molecule has 0 bridgehead atoms. The lowest BCUT2D eigenvalue weighted by Gasteiger charge is -2.01. The van der Waals surface area contributed by atoms with Crippen LogP contribution in [0.3, 0.4) is 0 Å². The van der Waals surface area contributed by atoms with Crippen LogP contribution in [0.4, 0.5) is 4.39 Å². The van der Waals surface area contributed by atoms with Gasteiger partial charge in [0, 0.05) is 0 Å². The van der Waals surface area contributed by atoms with E-state index in [4.69, 9.17) is 11.6 Å². The van der Waals surface area contributed by atoms with E-state index in [2.05, 4.69) is 0 Å². The summed E-state index contributed by atoms with van der Waals surface area (Å²) in [5.74, 6) is -1.60. The Labute approximate surface area is 85.7 Å². The first-order valence-electron chi connectivity index (χ1n) is 3.99. The highest BCUT2D eigenvalue weighted by Crippen LogP contribution is 2.18. The Kier molecular flexibility index (Phi) is 3.36. The zero-order valence-electron chi connectivity index (χ0n) is 7.51. The SMILES string of the molecule is CC(=O)CC(=O)c1cccc(Cl)c1F. The molecule has 0 aliphatic rings. The number of hydrogen-bond donors (Lipinski definition) is 0. The van der Waals surface area contributed by atoms with Crippen LogP contribution in [0.5, 0.6) is 0 Å². The minimum absolute atomic E-state index is 0.112. The van der Waals surface area contributed by atoms with Crippen LogP contribution in [-0.4, -0.2) is 11.6 Å². The first kappa shape index (κ1) is 10.9. The van der Waals surface area contributed by atoms with Crippen LogP contribution in [0.2, 0.25) is 5.02 Å². The van der Waals surface area contributed by atoms with Gasteiger partial charge in [0.15, 0.2) is 11.6 Å². The van der Waals surface area contributed by atoms with E-state index in [-0.39, 0.29) is 22.8 Å². The Morgan fingerprint density at radius 2 is 2.07 bits per heavy atom. The van der Waals surface area contributed by atoms with Crippen LogP contribution < -0.4 is 0 Å². The molecule has 0 fully saturated rings. The Hall–Kier alpha value is -1.22. The number of Topliss-reactive ketones (excluding diaryl/α,β-unsaturated/α-hetero) is 2. The monoisotopic (exact) mass is 214 g/mol. The second-order valence-electron chi connectivity index (χ2n) is 2.90. The van der Waals surface area contributed by atoms with E-state index in [1.54, 1.807) is 0 Å². The molecule has 0 saturated heterocycles. The molecule has 1 aromatic carbocycles. The summed E-state index contributed by atoms with van der Waals surface area (Å²) in [6.45, 7) is 1.28. The smallest absolute Gasteiger partial charge is 0.173 e. The van der Waals surface area contributed by atoms with Gasteiger partial charge in [0.2, 0.25) is 0 Å². The predicted molar refractivity (Wildman–Crippen MR) is 51.0 cm³/mol. The molecule has 0 aliphatic heterocycles. The number of benzene rings is 1. The predicted octanol–water partition coefficient (Wildman–Crippen LogP) is 2.64. The minimum Gasteiger partial charge on any atom is -0.300 e. The fourth-order valence-corrected chi connectivity index (χ4v) is 1.22. The van der Waals surface area contributed by atoms with Crippen molar-refractivity contribution in [3.63, 3.8) is 0 Å². The van der Waals surface area contributed by atoms with Crippen molar-refractivity contribution in [3.05, 3.63) is 34.6 Å². The van der Waals surface area contributed by atoms with Gasteiger partial charge in [0.05, 0.1) is 17.0 Å². The van der Waals surface area contributed by atoms with Gasteiger partial charge in [-0.2, -0.15) is 0 Å². The Morgan fingerprint density at radius 1 is 1.43 bits per heavy atom. The summed E-state index contributed by atoms with van der Waals surface area (Å²) in [6.07, 6.45) is -0.294. The van der Waals surface area contributed by atoms with Crippen LogP contribution in [0, 0.1) is 5.82 Å². The normalized spacial score (nSPS) is 9.93. The molecule has 0 spiro atoms. The molecule has 0 N–H and O–H groups in total. The Balaban J connectivity index is 3.01. The molecule has 0 aromatic heterocycles. The molecule has 4 heteroatoms. The molecule has 0 saturated carbocycles. The van der Waals surface area contributed by atoms with E-state index in [1.165, 1.54) is 25.1 Å². The van der Waals surface area contributed by atoms with Crippen molar-refractivity contribution in [2.45, 2.75) is 13.3 Å². The molecular weight excluding hydrogens is 207 g/mol. The average Bonchev–Trinajstić information content (AvgIpc) is 2.08. The van der Waals surface area contributed by atoms with Crippen LogP contribution >= 0.6 is 11.6 Å². The van der Waals surface area contributed by atoms with E-state index in [0.717, 1.165) is 0 Å². The Bertz CT molecular complexity index is 388. The third-order valence-electron chi connectivity index (χ3n) is 1.66. The lowest BCUT2D eigenvalue weighted by molar-refractivity contribution is -0.116. The topological polar surface area (TPSA) is 34.1 Å². The highest BCUT2D eigenvalue weighted by atomic mass is 35.5. The maximum absolute atomic E-state index is 13.2. The summed E-state index contributed by atoms with van der Waals surface area (Å²) >= 11 is 5.48. The fourth-order valence-electron chi connectivity index (χ4n) is 1.04. The van der Waals surface area contributed by atoms with Crippen LogP contribution in [0.15, 0.2) is 18.2 Å². The molecule has 0 radical (unpaired) electrons. The van der Waals surface area contributed by atoms with Gasteiger partial charge in [-0.3, -0.25) is 9.59 Å². The van der Waals surface area contributed by atoms with Gasteiger partial charge in [0.25, 0.3) is 0 Å². The van der Waals surface area contributed by atoms with Gasteiger partial charge in [-0.1, -0.05) is 17.7 Å². The molecule has 2 nitrogen and oxygen atoms in total. The van der Waals surface area contributed by atoms with Gasteiger partial charge in [-0.05, 0) is 19.1 Å². The standard InChI is InChI=1S/C10H8ClFO2/c1-6(13)5-9(14)7-3-2-4-8(11)10(7)12/h2-4H,5H2,1H3. The van der Waals surface area contributed by atoms with Crippen molar-refractivity contribution in [2.24, 2.45) is 0 Å². The lowest BCUT2D eigenvalue weighted by Crippen LogP contribution is -2.07. The summed E-state index contributed by atoms with van der Waals surface area (Å²) in [6, 6.07) is 4.13. The second-order valence-corrected chi connectivity index (χ2v) is 3.31. The summed E-state index contributed by atoms with van der Waals surface area (Å²) in [5.41, 5.74) is -0.132. The average molecular weight is 215 g/mol. The number of hydrogen-bond acceptors (Lipinski definition) is 2. The molecule has 1 rings (SSSR count). The number of halogens is 2. The first-order chi connectivity index (χ1) is 6.52. The highest BCUT2D eigenvalue weighted by molar-refractivity contribution is 6.31. The van der Waals surface area contributed by atoms with Gasteiger partial charge in [-0.15, -0.1) is 0 Å². The molecule has 14 heavy (non-hydrogen) atoms. The minimum atomic E-state index is -0.764. The van der Waals surface area contributed by atoms with E-state index in [0.29, 0.717) is 0 Å². The molecule has 0 aliphatic carbocycles. The highest BCUT2D eigenvalue weighted by Gasteiger charge is 2.15. The van der Waals surface area contributed by atoms with Gasteiger partial charge >= 0.3 is 0 Å². The summed E-state index contributed by atoms with van der Waals surface area (Å²) < 4.78 is 13.2. The molecule has 0 atom stereocenters. The number of carbonyl (C=O) groups is 2. The van der Waals surface area contributed by atoms with Gasteiger partial charge in [-0.25, -0.2) is 4.39 Å². The first-order valence-corrected chi connectivity index (χ1v) is 4.37. The van der Waals surface area contributed by atoms with Crippen molar-refractivity contribution in [3.8, 4) is 0 Å². The van der Waals surface area contributed by atoms with Crippen molar-refractivity contribution < 1.29 is 14.0 Å². The van der Waals surface area contributed by atoms with Crippen LogP contribution in [-0.2, 0) is 4.79 Å². The van der Waals surface area contributed by atoms with E-state index < -0.39 is 11.6 Å². The third-order valence-corrected chi connectivity index (χ3v) is 1.95. The van der Waals surface area contributed by atoms with E-state index in [9.17, 15) is 14.0 Å².